The number of rotatable bonds is 9. The minimum Gasteiger partial charge on any atom is -0.453 e. The Morgan fingerprint density at radius 1 is 1.34 bits per heavy atom. The van der Waals surface area contributed by atoms with Gasteiger partial charge in [0, 0.05) is 25.2 Å². The second-order valence-electron chi connectivity index (χ2n) is 8.55. The SMILES string of the molecule is CCN(C)SNc1ccc(F)c(Oc2ccc3ncn(CCC4CCNCC4)c(=O)c3c2)c1C#N. The van der Waals surface area contributed by atoms with Gasteiger partial charge in [-0.05, 0) is 75.6 Å². The molecular formula is C25H29FN6O2S. The Balaban J connectivity index is 1.59. The number of piperidine rings is 1. The van der Waals surface area contributed by atoms with Crippen molar-refractivity contribution in [3.8, 4) is 17.6 Å². The Bertz CT molecular complexity index is 1290. The van der Waals surface area contributed by atoms with Crippen molar-refractivity contribution >= 4 is 28.7 Å². The van der Waals surface area contributed by atoms with Crippen molar-refractivity contribution in [2.75, 3.05) is 31.4 Å². The molecule has 8 nitrogen and oxygen atoms in total. The van der Waals surface area contributed by atoms with Crippen LogP contribution in [0.2, 0.25) is 0 Å². The lowest BCUT2D eigenvalue weighted by molar-refractivity contribution is 0.336. The molecule has 2 N–H and O–H groups in total. The van der Waals surface area contributed by atoms with E-state index in [2.05, 4.69) is 15.0 Å². The zero-order valence-electron chi connectivity index (χ0n) is 19.9. The number of aromatic nitrogens is 2. The molecule has 184 valence electrons. The van der Waals surface area contributed by atoms with E-state index in [4.69, 9.17) is 4.74 Å². The van der Waals surface area contributed by atoms with Crippen LogP contribution in [-0.4, -0.2) is 40.5 Å². The Hall–Kier alpha value is -3.13. The maximum atomic E-state index is 14.7. The van der Waals surface area contributed by atoms with Crippen molar-refractivity contribution in [2.24, 2.45) is 5.92 Å². The van der Waals surface area contributed by atoms with Gasteiger partial charge in [-0.1, -0.05) is 6.92 Å². The highest BCUT2D eigenvalue weighted by molar-refractivity contribution is 7.98. The van der Waals surface area contributed by atoms with Crippen molar-refractivity contribution in [3.05, 3.63) is 58.4 Å². The monoisotopic (exact) mass is 496 g/mol. The third-order valence-electron chi connectivity index (χ3n) is 6.23. The third kappa shape index (κ3) is 5.93. The number of nitrogens with zero attached hydrogens (tertiary/aromatic N) is 4. The first-order valence-corrected chi connectivity index (χ1v) is 12.5. The van der Waals surface area contributed by atoms with Gasteiger partial charge in [0.25, 0.3) is 5.56 Å². The lowest BCUT2D eigenvalue weighted by Crippen LogP contribution is -2.29. The second-order valence-corrected chi connectivity index (χ2v) is 9.56. The Labute approximate surface area is 208 Å². The number of fused-ring (bicyclic) bond motifs is 1. The first-order chi connectivity index (χ1) is 17.0. The van der Waals surface area contributed by atoms with E-state index in [0.717, 1.165) is 38.9 Å². The lowest BCUT2D eigenvalue weighted by atomic mass is 9.95. The normalized spacial score (nSPS) is 14.3. The number of aryl methyl sites for hydroxylation is 1. The van der Waals surface area contributed by atoms with Crippen LogP contribution in [0.5, 0.6) is 11.5 Å². The summed E-state index contributed by atoms with van der Waals surface area (Å²) >= 11 is 1.30. The van der Waals surface area contributed by atoms with Crippen LogP contribution in [0.25, 0.3) is 10.9 Å². The molecule has 0 saturated carbocycles. The summed E-state index contributed by atoms with van der Waals surface area (Å²) in [6.45, 7) is 5.41. The van der Waals surface area contributed by atoms with Gasteiger partial charge in [0.2, 0.25) is 0 Å². The van der Waals surface area contributed by atoms with Crippen LogP contribution in [-0.2, 0) is 6.54 Å². The molecule has 1 aliphatic heterocycles. The van der Waals surface area contributed by atoms with E-state index in [1.807, 2.05) is 24.3 Å². The maximum Gasteiger partial charge on any atom is 0.261 e. The second kappa shape index (κ2) is 11.5. The molecule has 3 aromatic rings. The molecule has 1 saturated heterocycles. The van der Waals surface area contributed by atoms with Crippen molar-refractivity contribution < 1.29 is 9.13 Å². The van der Waals surface area contributed by atoms with Crippen LogP contribution in [0, 0.1) is 23.1 Å². The summed E-state index contributed by atoms with van der Waals surface area (Å²) in [7, 11) is 1.90. The van der Waals surface area contributed by atoms with E-state index in [0.29, 0.717) is 29.1 Å². The molecule has 1 fully saturated rings. The number of anilines is 1. The summed E-state index contributed by atoms with van der Waals surface area (Å²) in [5.41, 5.74) is 0.866. The van der Waals surface area contributed by atoms with Crippen LogP contribution in [0.3, 0.4) is 0 Å². The van der Waals surface area contributed by atoms with Crippen LogP contribution >= 0.6 is 12.1 Å². The molecule has 0 amide bonds. The smallest absolute Gasteiger partial charge is 0.261 e. The van der Waals surface area contributed by atoms with E-state index < -0.39 is 5.82 Å². The first kappa shape index (κ1) is 25.0. The molecule has 0 bridgehead atoms. The molecule has 0 spiro atoms. The van der Waals surface area contributed by atoms with E-state index >= 15 is 0 Å². The molecule has 0 atom stereocenters. The molecule has 35 heavy (non-hydrogen) atoms. The number of benzene rings is 2. The van der Waals surface area contributed by atoms with Crippen molar-refractivity contribution in [3.63, 3.8) is 0 Å². The van der Waals surface area contributed by atoms with Gasteiger partial charge in [0.05, 0.1) is 22.9 Å². The molecular weight excluding hydrogens is 467 g/mol. The van der Waals surface area contributed by atoms with Crippen molar-refractivity contribution in [1.82, 2.24) is 19.2 Å². The molecule has 0 unspecified atom stereocenters. The summed E-state index contributed by atoms with van der Waals surface area (Å²) < 4.78 is 27.1. The molecule has 0 aliphatic carbocycles. The summed E-state index contributed by atoms with van der Waals surface area (Å²) in [5, 5.41) is 13.5. The van der Waals surface area contributed by atoms with E-state index in [9.17, 15) is 14.4 Å². The van der Waals surface area contributed by atoms with Gasteiger partial charge in [-0.2, -0.15) is 5.26 Å². The fourth-order valence-electron chi connectivity index (χ4n) is 4.02. The summed E-state index contributed by atoms with van der Waals surface area (Å²) in [6, 6.07) is 9.63. The largest absolute Gasteiger partial charge is 0.453 e. The van der Waals surface area contributed by atoms with E-state index in [1.54, 1.807) is 29.1 Å². The highest BCUT2D eigenvalue weighted by Crippen LogP contribution is 2.34. The first-order valence-electron chi connectivity index (χ1n) is 11.7. The number of ether oxygens (including phenoxy) is 1. The standard InChI is InChI=1S/C25H29FN6O2S/c1-3-31(2)35-30-23-7-5-21(26)24(20(23)15-27)34-18-4-6-22-19(14-18)25(33)32(16-29-22)13-10-17-8-11-28-12-9-17/h4-7,14,16-17,28,30H,3,8-13H2,1-2H3. The summed E-state index contributed by atoms with van der Waals surface area (Å²) in [5.74, 6) is 0.00813. The Kier molecular flexibility index (Phi) is 8.23. The van der Waals surface area contributed by atoms with Gasteiger partial charge in [-0.3, -0.25) is 9.36 Å². The number of halogens is 1. The Morgan fingerprint density at radius 3 is 2.89 bits per heavy atom. The number of hydrogen-bond donors (Lipinski definition) is 2. The highest BCUT2D eigenvalue weighted by atomic mass is 32.2. The van der Waals surface area contributed by atoms with Crippen LogP contribution < -0.4 is 20.3 Å². The quantitative estimate of drug-likeness (QED) is 0.418. The maximum absolute atomic E-state index is 14.7. The average Bonchev–Trinajstić information content (AvgIpc) is 2.89. The van der Waals surface area contributed by atoms with Gasteiger partial charge >= 0.3 is 0 Å². The van der Waals surface area contributed by atoms with Gasteiger partial charge in [-0.15, -0.1) is 0 Å². The number of nitrogens with one attached hydrogen (secondary N) is 2. The van der Waals surface area contributed by atoms with Crippen LogP contribution in [0.1, 0.15) is 31.7 Å². The molecule has 2 aromatic carbocycles. The highest BCUT2D eigenvalue weighted by Gasteiger charge is 2.18. The van der Waals surface area contributed by atoms with Gasteiger partial charge < -0.3 is 14.8 Å². The fraction of sp³-hybridized carbons (Fsp3) is 0.400. The topological polar surface area (TPSA) is 95.2 Å². The van der Waals surface area contributed by atoms with Crippen molar-refractivity contribution in [2.45, 2.75) is 32.7 Å². The van der Waals surface area contributed by atoms with Crippen LogP contribution in [0.15, 0.2) is 41.5 Å². The Morgan fingerprint density at radius 2 is 2.14 bits per heavy atom. The molecule has 1 aliphatic rings. The summed E-state index contributed by atoms with van der Waals surface area (Å²) in [4.78, 5) is 17.6. The molecule has 1 aromatic heterocycles. The predicted molar refractivity (Wildman–Crippen MR) is 137 cm³/mol. The zero-order chi connectivity index (χ0) is 24.8. The minimum absolute atomic E-state index is 0.0488. The third-order valence-corrected chi connectivity index (χ3v) is 7.11. The fourth-order valence-corrected chi connectivity index (χ4v) is 4.57. The molecule has 10 heteroatoms. The van der Waals surface area contributed by atoms with Gasteiger partial charge in [-0.25, -0.2) is 13.7 Å². The van der Waals surface area contributed by atoms with Crippen LogP contribution in [0.4, 0.5) is 10.1 Å². The summed E-state index contributed by atoms with van der Waals surface area (Å²) in [6.07, 6.45) is 4.73. The number of hydrogen-bond acceptors (Lipinski definition) is 8. The minimum atomic E-state index is -0.661. The van der Waals surface area contributed by atoms with E-state index in [-0.39, 0.29) is 22.6 Å². The van der Waals surface area contributed by atoms with E-state index in [1.165, 1.54) is 24.3 Å². The van der Waals surface area contributed by atoms with Gasteiger partial charge in [0.15, 0.2) is 11.6 Å². The lowest BCUT2D eigenvalue weighted by Gasteiger charge is -2.22. The molecule has 4 rings (SSSR count). The number of nitriles is 1. The molecule has 2 heterocycles. The zero-order valence-corrected chi connectivity index (χ0v) is 20.7. The van der Waals surface area contributed by atoms with Gasteiger partial charge in [0.1, 0.15) is 17.4 Å². The van der Waals surface area contributed by atoms with Crippen molar-refractivity contribution in [1.29, 1.82) is 5.26 Å². The average molecular weight is 497 g/mol. The molecule has 0 radical (unpaired) electrons. The predicted octanol–water partition coefficient (Wildman–Crippen LogP) is 4.52.